The van der Waals surface area contributed by atoms with Gasteiger partial charge in [0.05, 0.1) is 0 Å². The number of carbonyl (C=O) groups is 1. The molecule has 1 atom stereocenters. The highest BCUT2D eigenvalue weighted by Gasteiger charge is 2.35. The molecule has 1 unspecified atom stereocenters. The molecular weight excluding hydrogens is 332 g/mol. The third kappa shape index (κ3) is 5.21. The average Bonchev–Trinajstić information content (AvgIpc) is 3.13. The summed E-state index contributed by atoms with van der Waals surface area (Å²) in [5.41, 5.74) is 2.96. The van der Waals surface area contributed by atoms with E-state index in [4.69, 9.17) is 0 Å². The van der Waals surface area contributed by atoms with Crippen LogP contribution in [0.1, 0.15) is 62.5 Å². The van der Waals surface area contributed by atoms with Crippen molar-refractivity contribution in [3.8, 4) is 0 Å². The van der Waals surface area contributed by atoms with E-state index in [1.165, 1.54) is 49.7 Å². The van der Waals surface area contributed by atoms with Crippen LogP contribution >= 0.6 is 12.4 Å². The average molecular weight is 365 g/mol. The molecule has 1 saturated heterocycles. The fourth-order valence-electron chi connectivity index (χ4n) is 4.59. The number of hydrogen-bond donors (Lipinski definition) is 2. The second-order valence-corrected chi connectivity index (χ2v) is 7.83. The lowest BCUT2D eigenvalue weighted by Gasteiger charge is -2.39. The van der Waals surface area contributed by atoms with Gasteiger partial charge in [-0.15, -0.1) is 12.4 Å². The van der Waals surface area contributed by atoms with Gasteiger partial charge in [-0.25, -0.2) is 0 Å². The van der Waals surface area contributed by atoms with Crippen molar-refractivity contribution in [3.05, 3.63) is 35.4 Å². The van der Waals surface area contributed by atoms with E-state index in [0.29, 0.717) is 12.3 Å². The van der Waals surface area contributed by atoms with E-state index in [1.807, 2.05) is 0 Å². The molecule has 140 valence electrons. The van der Waals surface area contributed by atoms with E-state index in [1.54, 1.807) is 0 Å². The van der Waals surface area contributed by atoms with Crippen molar-refractivity contribution in [2.75, 3.05) is 19.6 Å². The van der Waals surface area contributed by atoms with Crippen LogP contribution in [0.5, 0.6) is 0 Å². The second-order valence-electron chi connectivity index (χ2n) is 7.83. The van der Waals surface area contributed by atoms with Crippen LogP contribution in [0.15, 0.2) is 24.3 Å². The van der Waals surface area contributed by atoms with Gasteiger partial charge >= 0.3 is 0 Å². The maximum absolute atomic E-state index is 12.4. The minimum Gasteiger partial charge on any atom is -0.355 e. The van der Waals surface area contributed by atoms with Crippen LogP contribution in [-0.2, 0) is 10.2 Å². The third-order valence-electron chi connectivity index (χ3n) is 6.09. The van der Waals surface area contributed by atoms with Gasteiger partial charge < -0.3 is 10.6 Å². The van der Waals surface area contributed by atoms with Crippen molar-refractivity contribution in [3.63, 3.8) is 0 Å². The summed E-state index contributed by atoms with van der Waals surface area (Å²) in [7, 11) is 0. The molecule has 2 fully saturated rings. The topological polar surface area (TPSA) is 41.1 Å². The van der Waals surface area contributed by atoms with Crippen molar-refractivity contribution in [1.82, 2.24) is 10.6 Å². The molecule has 1 aliphatic heterocycles. The summed E-state index contributed by atoms with van der Waals surface area (Å²) in [5, 5.41) is 6.67. The van der Waals surface area contributed by atoms with E-state index in [2.05, 4.69) is 41.8 Å². The molecule has 2 N–H and O–H groups in total. The zero-order valence-electron chi connectivity index (χ0n) is 15.5. The number of hydrogen-bond acceptors (Lipinski definition) is 2. The molecule has 1 aliphatic carbocycles. The zero-order valence-corrected chi connectivity index (χ0v) is 16.3. The van der Waals surface area contributed by atoms with E-state index in [-0.39, 0.29) is 23.7 Å². The van der Waals surface area contributed by atoms with Crippen molar-refractivity contribution >= 4 is 18.3 Å². The number of nitrogens with one attached hydrogen (secondary N) is 2. The zero-order chi connectivity index (χ0) is 16.8. The minimum absolute atomic E-state index is 0. The number of rotatable bonds is 6. The number of aryl methyl sites for hydroxylation is 1. The van der Waals surface area contributed by atoms with Gasteiger partial charge in [0.1, 0.15) is 0 Å². The molecule has 3 rings (SSSR count). The van der Waals surface area contributed by atoms with E-state index in [9.17, 15) is 4.79 Å². The first-order valence-corrected chi connectivity index (χ1v) is 9.73. The van der Waals surface area contributed by atoms with Gasteiger partial charge in [0, 0.05) is 18.4 Å². The monoisotopic (exact) mass is 364 g/mol. The molecule has 1 amide bonds. The quantitative estimate of drug-likeness (QED) is 0.797. The summed E-state index contributed by atoms with van der Waals surface area (Å²) in [5.74, 6) is 0.927. The first-order chi connectivity index (χ1) is 11.7. The fourth-order valence-corrected chi connectivity index (χ4v) is 4.59. The van der Waals surface area contributed by atoms with E-state index in [0.717, 1.165) is 26.1 Å². The summed E-state index contributed by atoms with van der Waals surface area (Å²) < 4.78 is 0. The first-order valence-electron chi connectivity index (χ1n) is 9.73. The number of benzene rings is 1. The SMILES string of the molecule is Cc1ccccc1C1(CNC(=O)CCC2CCNC2)CCCCC1.Cl. The van der Waals surface area contributed by atoms with Gasteiger partial charge in [0.15, 0.2) is 0 Å². The van der Waals surface area contributed by atoms with Crippen LogP contribution in [0.2, 0.25) is 0 Å². The molecule has 25 heavy (non-hydrogen) atoms. The predicted molar refractivity (Wildman–Crippen MR) is 106 cm³/mol. The Labute approximate surface area is 158 Å². The van der Waals surface area contributed by atoms with Crippen LogP contribution in [0, 0.1) is 12.8 Å². The summed E-state index contributed by atoms with van der Waals surface area (Å²) in [4.78, 5) is 12.4. The Balaban J connectivity index is 0.00000225. The van der Waals surface area contributed by atoms with Crippen LogP contribution < -0.4 is 10.6 Å². The molecule has 4 heteroatoms. The maximum atomic E-state index is 12.4. The summed E-state index contributed by atoms with van der Waals surface area (Å²) in [6, 6.07) is 8.74. The normalized spacial score (nSPS) is 22.2. The lowest BCUT2D eigenvalue weighted by atomic mass is 9.68. The minimum atomic E-state index is 0. The number of amides is 1. The molecule has 1 heterocycles. The Hall–Kier alpha value is -1.06. The molecule has 0 spiro atoms. The smallest absolute Gasteiger partial charge is 0.220 e. The van der Waals surface area contributed by atoms with Crippen molar-refractivity contribution < 1.29 is 4.79 Å². The summed E-state index contributed by atoms with van der Waals surface area (Å²) in [6.07, 6.45) is 9.20. The Morgan fingerprint density at radius 2 is 2.00 bits per heavy atom. The van der Waals surface area contributed by atoms with Crippen LogP contribution in [0.3, 0.4) is 0 Å². The Kier molecular flexibility index (Phi) is 7.77. The van der Waals surface area contributed by atoms with Gasteiger partial charge in [0.2, 0.25) is 5.91 Å². The lowest BCUT2D eigenvalue weighted by molar-refractivity contribution is -0.121. The maximum Gasteiger partial charge on any atom is 0.220 e. The Morgan fingerprint density at radius 3 is 2.68 bits per heavy atom. The van der Waals surface area contributed by atoms with Gasteiger partial charge in [-0.05, 0) is 62.7 Å². The van der Waals surface area contributed by atoms with E-state index >= 15 is 0 Å². The third-order valence-corrected chi connectivity index (χ3v) is 6.09. The van der Waals surface area contributed by atoms with Gasteiger partial charge in [0.25, 0.3) is 0 Å². The second kappa shape index (κ2) is 9.59. The highest BCUT2D eigenvalue weighted by Crippen LogP contribution is 2.40. The molecule has 1 aromatic carbocycles. The number of carbonyl (C=O) groups excluding carboxylic acids is 1. The molecule has 0 aromatic heterocycles. The summed E-state index contributed by atoms with van der Waals surface area (Å²) >= 11 is 0. The predicted octanol–water partition coefficient (Wildman–Crippen LogP) is 4.12. The molecule has 2 aliphatic rings. The fraction of sp³-hybridized carbons (Fsp3) is 0.667. The first kappa shape index (κ1) is 20.3. The standard InChI is InChI=1S/C21H32N2O.ClH/c1-17-7-3-4-8-19(17)21(12-5-2-6-13-21)16-23-20(24)10-9-18-11-14-22-15-18;/h3-4,7-8,18,22H,2,5-6,9-16H2,1H3,(H,23,24);1H. The van der Waals surface area contributed by atoms with Crippen LogP contribution in [-0.4, -0.2) is 25.5 Å². The highest BCUT2D eigenvalue weighted by atomic mass is 35.5. The molecule has 0 radical (unpaired) electrons. The van der Waals surface area contributed by atoms with Crippen LogP contribution in [0.4, 0.5) is 0 Å². The Bertz CT molecular complexity index is 549. The van der Waals surface area contributed by atoms with Gasteiger partial charge in [-0.2, -0.15) is 0 Å². The van der Waals surface area contributed by atoms with Crippen molar-refractivity contribution in [1.29, 1.82) is 0 Å². The van der Waals surface area contributed by atoms with E-state index < -0.39 is 0 Å². The van der Waals surface area contributed by atoms with Crippen LogP contribution in [0.25, 0.3) is 0 Å². The molecule has 0 bridgehead atoms. The number of halogens is 1. The van der Waals surface area contributed by atoms with Gasteiger partial charge in [-0.1, -0.05) is 43.5 Å². The van der Waals surface area contributed by atoms with Gasteiger partial charge in [-0.3, -0.25) is 4.79 Å². The van der Waals surface area contributed by atoms with Crippen molar-refractivity contribution in [2.45, 2.75) is 63.7 Å². The lowest BCUT2D eigenvalue weighted by Crippen LogP contribution is -2.42. The summed E-state index contributed by atoms with van der Waals surface area (Å²) in [6.45, 7) is 5.21. The molecule has 1 saturated carbocycles. The highest BCUT2D eigenvalue weighted by molar-refractivity contribution is 5.85. The molecular formula is C21H33ClN2O. The Morgan fingerprint density at radius 1 is 1.24 bits per heavy atom. The van der Waals surface area contributed by atoms with Crippen molar-refractivity contribution in [2.24, 2.45) is 5.92 Å². The molecule has 1 aromatic rings. The largest absolute Gasteiger partial charge is 0.355 e. The molecule has 3 nitrogen and oxygen atoms in total.